The number of benzene rings is 1. The van der Waals surface area contributed by atoms with Crippen LogP contribution in [0.2, 0.25) is 0 Å². The van der Waals surface area contributed by atoms with Crippen LogP contribution in [0.15, 0.2) is 24.8 Å². The predicted octanol–water partition coefficient (Wildman–Crippen LogP) is 2.79. The van der Waals surface area contributed by atoms with Gasteiger partial charge in [-0.25, -0.2) is 0 Å². The van der Waals surface area contributed by atoms with E-state index in [4.69, 9.17) is 11.2 Å². The van der Waals surface area contributed by atoms with Gasteiger partial charge in [-0.1, -0.05) is 24.6 Å². The Morgan fingerprint density at radius 3 is 2.64 bits per heavy atom. The van der Waals surface area contributed by atoms with Gasteiger partial charge >= 0.3 is 0 Å². The van der Waals surface area contributed by atoms with Crippen LogP contribution in [0.1, 0.15) is 25.0 Å². The third-order valence-electron chi connectivity index (χ3n) is 1.72. The zero-order valence-electron chi connectivity index (χ0n) is 8.50. The smallest absolute Gasteiger partial charge is 0.135 e. The summed E-state index contributed by atoms with van der Waals surface area (Å²) in [5.74, 6) is 3.31. The van der Waals surface area contributed by atoms with Gasteiger partial charge in [-0.15, -0.1) is 6.42 Å². The molecule has 71 valence electrons. The van der Waals surface area contributed by atoms with Gasteiger partial charge in [0, 0.05) is 5.56 Å². The Morgan fingerprint density at radius 1 is 1.43 bits per heavy atom. The summed E-state index contributed by atoms with van der Waals surface area (Å²) in [7, 11) is 0. The van der Waals surface area contributed by atoms with Gasteiger partial charge in [0.1, 0.15) is 5.75 Å². The highest BCUT2D eigenvalue weighted by atomic mass is 16.5. The van der Waals surface area contributed by atoms with Gasteiger partial charge in [-0.3, -0.25) is 0 Å². The fraction of sp³-hybridized carbons (Fsp3) is 0.231. The minimum atomic E-state index is 0.113. The molecule has 0 fully saturated rings. The number of ether oxygens (including phenoxy) is 1. The van der Waals surface area contributed by atoms with Crippen LogP contribution in [0.25, 0.3) is 0 Å². The van der Waals surface area contributed by atoms with Gasteiger partial charge in [0.2, 0.25) is 0 Å². The monoisotopic (exact) mass is 185 g/mol. The minimum Gasteiger partial charge on any atom is -0.490 e. The Balaban J connectivity index is 3.17. The van der Waals surface area contributed by atoms with E-state index in [1.807, 2.05) is 32.0 Å². The van der Waals surface area contributed by atoms with Crippen molar-refractivity contribution >= 4 is 0 Å². The molecule has 0 heterocycles. The molecule has 0 bridgehead atoms. The first kappa shape index (κ1) is 10.4. The molecule has 0 N–H and O–H groups in total. The molecule has 0 aromatic heterocycles. The molecule has 1 nitrogen and oxygen atoms in total. The molecular weight excluding hydrogens is 172 g/mol. The van der Waals surface area contributed by atoms with E-state index in [0.717, 1.165) is 16.9 Å². The van der Waals surface area contributed by atoms with Crippen molar-refractivity contribution in [2.45, 2.75) is 20.0 Å². The van der Waals surface area contributed by atoms with E-state index in [2.05, 4.69) is 18.6 Å². The number of hydrogen-bond acceptors (Lipinski definition) is 1. The van der Waals surface area contributed by atoms with E-state index in [0.29, 0.717) is 0 Å². The number of terminal acetylenes is 1. The lowest BCUT2D eigenvalue weighted by Gasteiger charge is -2.12. The van der Waals surface area contributed by atoms with Crippen LogP contribution in [0.3, 0.4) is 0 Å². The summed E-state index contributed by atoms with van der Waals surface area (Å²) in [6, 6.07) is 5.61. The quantitative estimate of drug-likeness (QED) is 0.658. The SMILES string of the molecule is C#Cc1c([C]=C)cccc1OC(C)C. The Hall–Kier alpha value is -1.68. The molecule has 0 unspecified atom stereocenters. The third-order valence-corrected chi connectivity index (χ3v) is 1.72. The Kier molecular flexibility index (Phi) is 3.36. The molecule has 14 heavy (non-hydrogen) atoms. The summed E-state index contributed by atoms with van der Waals surface area (Å²) >= 11 is 0. The standard InChI is InChI=1S/C13H13O/c1-5-11-8-7-9-13(12(11)6-2)14-10(3)4/h2,7-10H,1H2,3-4H3. The van der Waals surface area contributed by atoms with Crippen LogP contribution in [0.5, 0.6) is 5.75 Å². The second-order valence-electron chi connectivity index (χ2n) is 3.17. The normalized spacial score (nSPS) is 9.57. The second-order valence-corrected chi connectivity index (χ2v) is 3.17. The Labute approximate surface area is 85.4 Å². The van der Waals surface area contributed by atoms with Gasteiger partial charge in [-0.2, -0.15) is 0 Å². The lowest BCUT2D eigenvalue weighted by atomic mass is 10.1. The van der Waals surface area contributed by atoms with Crippen LogP contribution >= 0.6 is 0 Å². The van der Waals surface area contributed by atoms with Crippen LogP contribution in [0.4, 0.5) is 0 Å². The lowest BCUT2D eigenvalue weighted by molar-refractivity contribution is 0.241. The lowest BCUT2D eigenvalue weighted by Crippen LogP contribution is -2.07. The maximum Gasteiger partial charge on any atom is 0.135 e. The van der Waals surface area contributed by atoms with Crippen molar-refractivity contribution in [2.75, 3.05) is 0 Å². The van der Waals surface area contributed by atoms with Gasteiger partial charge in [-0.05, 0) is 26.0 Å². The van der Waals surface area contributed by atoms with Crippen molar-refractivity contribution in [3.05, 3.63) is 42.0 Å². The van der Waals surface area contributed by atoms with E-state index in [-0.39, 0.29) is 6.10 Å². The molecule has 1 aromatic carbocycles. The predicted molar refractivity (Wildman–Crippen MR) is 58.1 cm³/mol. The average molecular weight is 185 g/mol. The highest BCUT2D eigenvalue weighted by Crippen LogP contribution is 2.22. The molecule has 0 atom stereocenters. The van der Waals surface area contributed by atoms with Crippen LogP contribution in [0, 0.1) is 18.4 Å². The topological polar surface area (TPSA) is 9.23 Å². The molecule has 0 spiro atoms. The first-order valence-electron chi connectivity index (χ1n) is 4.48. The van der Waals surface area contributed by atoms with Crippen LogP contribution in [-0.2, 0) is 0 Å². The number of rotatable bonds is 3. The van der Waals surface area contributed by atoms with E-state index < -0.39 is 0 Å². The third kappa shape index (κ3) is 2.17. The molecule has 0 amide bonds. The van der Waals surface area contributed by atoms with Gasteiger partial charge in [0.05, 0.1) is 11.7 Å². The molecule has 0 aliphatic rings. The fourth-order valence-electron chi connectivity index (χ4n) is 1.18. The van der Waals surface area contributed by atoms with Gasteiger partial charge < -0.3 is 4.74 Å². The zero-order chi connectivity index (χ0) is 10.6. The van der Waals surface area contributed by atoms with Crippen LogP contribution < -0.4 is 4.74 Å². The minimum absolute atomic E-state index is 0.113. The molecule has 1 aromatic rings. The summed E-state index contributed by atoms with van der Waals surface area (Å²) in [5.41, 5.74) is 1.53. The van der Waals surface area contributed by atoms with Crippen molar-refractivity contribution in [3.8, 4) is 18.1 Å². The van der Waals surface area contributed by atoms with Crippen molar-refractivity contribution in [3.63, 3.8) is 0 Å². The average Bonchev–Trinajstić information content (AvgIpc) is 2.16. The maximum absolute atomic E-state index is 5.57. The molecule has 0 aliphatic heterocycles. The molecular formula is C13H13O. The van der Waals surface area contributed by atoms with Crippen molar-refractivity contribution < 1.29 is 4.74 Å². The van der Waals surface area contributed by atoms with Crippen molar-refractivity contribution in [1.29, 1.82) is 0 Å². The highest BCUT2D eigenvalue weighted by molar-refractivity contribution is 5.52. The van der Waals surface area contributed by atoms with E-state index in [1.165, 1.54) is 0 Å². The van der Waals surface area contributed by atoms with Crippen LogP contribution in [-0.4, -0.2) is 6.10 Å². The summed E-state index contributed by atoms with van der Waals surface area (Å²) in [6.45, 7) is 7.51. The summed E-state index contributed by atoms with van der Waals surface area (Å²) in [6.07, 6.45) is 8.31. The molecule has 0 saturated carbocycles. The van der Waals surface area contributed by atoms with Crippen molar-refractivity contribution in [1.82, 2.24) is 0 Å². The largest absolute Gasteiger partial charge is 0.490 e. The van der Waals surface area contributed by atoms with E-state index in [1.54, 1.807) is 0 Å². The van der Waals surface area contributed by atoms with Gasteiger partial charge in [0.15, 0.2) is 0 Å². The molecule has 1 radical (unpaired) electrons. The van der Waals surface area contributed by atoms with Gasteiger partial charge in [0.25, 0.3) is 0 Å². The first-order valence-corrected chi connectivity index (χ1v) is 4.48. The molecule has 1 heteroatoms. The number of hydrogen-bond donors (Lipinski definition) is 0. The summed E-state index contributed by atoms with van der Waals surface area (Å²) in [5, 5.41) is 0. The highest BCUT2D eigenvalue weighted by Gasteiger charge is 2.06. The summed E-state index contributed by atoms with van der Waals surface area (Å²) in [4.78, 5) is 0. The zero-order valence-corrected chi connectivity index (χ0v) is 8.50. The fourth-order valence-corrected chi connectivity index (χ4v) is 1.18. The Bertz CT molecular complexity index is 369. The van der Waals surface area contributed by atoms with E-state index in [9.17, 15) is 0 Å². The van der Waals surface area contributed by atoms with Crippen molar-refractivity contribution in [2.24, 2.45) is 0 Å². The molecule has 1 rings (SSSR count). The Morgan fingerprint density at radius 2 is 2.14 bits per heavy atom. The first-order chi connectivity index (χ1) is 6.69. The molecule has 0 aliphatic carbocycles. The second kappa shape index (κ2) is 4.53. The van der Waals surface area contributed by atoms with E-state index >= 15 is 0 Å². The summed E-state index contributed by atoms with van der Waals surface area (Å²) < 4.78 is 5.57. The molecule has 0 saturated heterocycles. The maximum atomic E-state index is 5.57.